The van der Waals surface area contributed by atoms with Gasteiger partial charge in [0, 0.05) is 73.6 Å². The fourth-order valence-electron chi connectivity index (χ4n) is 5.90. The maximum atomic E-state index is 13.3. The van der Waals surface area contributed by atoms with Crippen molar-refractivity contribution in [1.29, 1.82) is 0 Å². The zero-order valence-corrected chi connectivity index (χ0v) is 23.3. The lowest BCUT2D eigenvalue weighted by molar-refractivity contribution is 0.0650. The van der Waals surface area contributed by atoms with Crippen molar-refractivity contribution in [3.63, 3.8) is 0 Å². The van der Waals surface area contributed by atoms with Gasteiger partial charge in [-0.1, -0.05) is 0 Å². The van der Waals surface area contributed by atoms with Crippen molar-refractivity contribution in [1.82, 2.24) is 20.1 Å². The number of piperidine rings is 2. The number of aromatic nitrogens is 1. The zero-order chi connectivity index (χ0) is 29.1. The molecule has 2 aliphatic rings. The highest BCUT2D eigenvalue weighted by molar-refractivity contribution is 6.01. The molecule has 0 bridgehead atoms. The van der Waals surface area contributed by atoms with Gasteiger partial charge in [0.25, 0.3) is 11.8 Å². The number of pyridine rings is 1. The van der Waals surface area contributed by atoms with Gasteiger partial charge in [0.15, 0.2) is 11.5 Å². The van der Waals surface area contributed by atoms with E-state index in [2.05, 4.69) is 15.2 Å². The van der Waals surface area contributed by atoms with E-state index >= 15 is 0 Å². The number of Topliss-reactive ketones (excluding diaryl/α,β-unsaturated/α-hetero) is 1. The molecular formula is C33H33FN4O4. The fourth-order valence-corrected chi connectivity index (χ4v) is 5.90. The molecule has 4 aromatic rings. The number of benzene rings is 2. The molecule has 4 heterocycles. The van der Waals surface area contributed by atoms with E-state index in [0.29, 0.717) is 48.0 Å². The maximum absolute atomic E-state index is 13.3. The van der Waals surface area contributed by atoms with Crippen LogP contribution in [-0.4, -0.2) is 64.6 Å². The van der Waals surface area contributed by atoms with E-state index in [4.69, 9.17) is 4.42 Å². The predicted molar refractivity (Wildman–Crippen MR) is 156 cm³/mol. The van der Waals surface area contributed by atoms with Crippen LogP contribution < -0.4 is 5.32 Å². The topological polar surface area (TPSA) is 95.8 Å². The van der Waals surface area contributed by atoms with Gasteiger partial charge in [-0.25, -0.2) is 4.39 Å². The molecule has 216 valence electrons. The number of nitrogens with one attached hydrogen (secondary N) is 1. The van der Waals surface area contributed by atoms with Crippen molar-refractivity contribution in [3.05, 3.63) is 101 Å². The van der Waals surface area contributed by atoms with Crippen molar-refractivity contribution in [2.24, 2.45) is 5.92 Å². The number of ketones is 1. The Morgan fingerprint density at radius 1 is 0.857 bits per heavy atom. The highest BCUT2D eigenvalue weighted by Crippen LogP contribution is 2.26. The number of nitrogens with zero attached hydrogens (tertiary/aromatic N) is 3. The summed E-state index contributed by atoms with van der Waals surface area (Å²) >= 11 is 0. The summed E-state index contributed by atoms with van der Waals surface area (Å²) in [7, 11) is 0. The van der Waals surface area contributed by atoms with E-state index in [9.17, 15) is 18.8 Å². The monoisotopic (exact) mass is 568 g/mol. The molecule has 2 amide bonds. The quantitative estimate of drug-likeness (QED) is 0.312. The summed E-state index contributed by atoms with van der Waals surface area (Å²) in [6.45, 7) is 3.61. The van der Waals surface area contributed by atoms with E-state index in [0.717, 1.165) is 32.5 Å². The van der Waals surface area contributed by atoms with E-state index in [1.165, 1.54) is 29.8 Å². The van der Waals surface area contributed by atoms with Crippen LogP contribution in [0.15, 0.2) is 77.5 Å². The highest BCUT2D eigenvalue weighted by Gasteiger charge is 2.29. The number of likely N-dealkylation sites (tertiary alicyclic amines) is 2. The van der Waals surface area contributed by atoms with Crippen LogP contribution in [0.4, 0.5) is 4.39 Å². The Morgan fingerprint density at radius 2 is 1.55 bits per heavy atom. The molecule has 9 heteroatoms. The van der Waals surface area contributed by atoms with Crippen molar-refractivity contribution in [2.45, 2.75) is 38.3 Å². The molecule has 2 fully saturated rings. The van der Waals surface area contributed by atoms with Crippen LogP contribution in [0, 0.1) is 11.7 Å². The minimum atomic E-state index is -0.372. The molecule has 0 spiro atoms. The first-order chi connectivity index (χ1) is 20.4. The van der Waals surface area contributed by atoms with E-state index in [1.54, 1.807) is 41.6 Å². The Hall–Kier alpha value is -4.37. The van der Waals surface area contributed by atoms with Gasteiger partial charge in [-0.3, -0.25) is 24.3 Å². The van der Waals surface area contributed by atoms with Gasteiger partial charge in [0.05, 0.1) is 0 Å². The second kappa shape index (κ2) is 12.2. The average Bonchev–Trinajstić information content (AvgIpc) is 3.46. The lowest BCUT2D eigenvalue weighted by Crippen LogP contribution is -2.44. The minimum Gasteiger partial charge on any atom is -0.451 e. The molecule has 8 nitrogen and oxygen atoms in total. The predicted octanol–water partition coefficient (Wildman–Crippen LogP) is 5.10. The number of rotatable bonds is 7. The molecule has 2 saturated heterocycles. The summed E-state index contributed by atoms with van der Waals surface area (Å²) in [5.74, 6) is -0.708. The molecule has 0 unspecified atom stereocenters. The van der Waals surface area contributed by atoms with Crippen LogP contribution in [0.25, 0.3) is 11.0 Å². The molecule has 0 aliphatic carbocycles. The van der Waals surface area contributed by atoms with Gasteiger partial charge in [-0.05, 0) is 91.9 Å². The van der Waals surface area contributed by atoms with E-state index in [1.807, 2.05) is 12.1 Å². The first-order valence-electron chi connectivity index (χ1n) is 14.5. The number of amides is 2. The van der Waals surface area contributed by atoms with Crippen LogP contribution in [0.2, 0.25) is 0 Å². The highest BCUT2D eigenvalue weighted by atomic mass is 19.1. The van der Waals surface area contributed by atoms with Crippen LogP contribution in [0.1, 0.15) is 62.5 Å². The second-order valence-electron chi connectivity index (χ2n) is 11.2. The van der Waals surface area contributed by atoms with Crippen LogP contribution in [0.5, 0.6) is 0 Å². The summed E-state index contributed by atoms with van der Waals surface area (Å²) < 4.78 is 19.0. The summed E-state index contributed by atoms with van der Waals surface area (Å²) in [5, 5.41) is 3.80. The fraction of sp³-hybridized carbons (Fsp3) is 0.333. The number of hydrogen-bond acceptors (Lipinski definition) is 6. The second-order valence-corrected chi connectivity index (χ2v) is 11.2. The van der Waals surface area contributed by atoms with Crippen molar-refractivity contribution in [3.8, 4) is 0 Å². The molecule has 2 aromatic heterocycles. The van der Waals surface area contributed by atoms with Gasteiger partial charge < -0.3 is 14.6 Å². The third kappa shape index (κ3) is 6.26. The molecular weight excluding hydrogens is 535 g/mol. The number of furan rings is 1. The zero-order valence-electron chi connectivity index (χ0n) is 23.3. The SMILES string of the molecule is O=C(NC1CCN(Cc2ccncc2)CC1)c1cc2cc(C(=O)N3CCC(C(=O)c4ccc(F)cc4)CC3)ccc2o1. The molecule has 2 aliphatic heterocycles. The van der Waals surface area contributed by atoms with Crippen LogP contribution >= 0.6 is 0 Å². The third-order valence-corrected chi connectivity index (χ3v) is 8.35. The molecule has 42 heavy (non-hydrogen) atoms. The third-order valence-electron chi connectivity index (χ3n) is 8.35. The number of halogens is 1. The Labute approximate surface area is 243 Å². The summed E-state index contributed by atoms with van der Waals surface area (Å²) in [4.78, 5) is 47.2. The Bertz CT molecular complexity index is 1570. The molecule has 2 aromatic carbocycles. The standard InChI is InChI=1S/C33H33FN4O4/c34-27-4-1-23(2-5-27)31(39)24-9-17-38(18-10-24)33(41)25-3-6-29-26(19-25)20-30(42-29)32(40)36-28-11-15-37(16-12-28)21-22-7-13-35-14-8-22/h1-8,13-14,19-20,24,28H,9-12,15-18,21H2,(H,36,40). The summed E-state index contributed by atoms with van der Waals surface area (Å²) in [5.41, 5.74) is 2.79. The lowest BCUT2D eigenvalue weighted by Gasteiger charge is -2.32. The van der Waals surface area contributed by atoms with Crippen LogP contribution in [0.3, 0.4) is 0 Å². The molecule has 0 radical (unpaired) electrons. The minimum absolute atomic E-state index is 0.0109. The van der Waals surface area contributed by atoms with Gasteiger partial charge in [0.1, 0.15) is 11.4 Å². The smallest absolute Gasteiger partial charge is 0.287 e. The number of carbonyl (C=O) groups excluding carboxylic acids is 3. The first-order valence-corrected chi connectivity index (χ1v) is 14.5. The largest absolute Gasteiger partial charge is 0.451 e. The molecule has 0 atom stereocenters. The van der Waals surface area contributed by atoms with E-state index < -0.39 is 0 Å². The number of fused-ring (bicyclic) bond motifs is 1. The Balaban J connectivity index is 1.02. The lowest BCUT2D eigenvalue weighted by atomic mass is 9.88. The average molecular weight is 569 g/mol. The normalized spacial score (nSPS) is 16.9. The van der Waals surface area contributed by atoms with Gasteiger partial charge >= 0.3 is 0 Å². The van der Waals surface area contributed by atoms with Crippen molar-refractivity contribution in [2.75, 3.05) is 26.2 Å². The summed E-state index contributed by atoms with van der Waals surface area (Å²) in [6, 6.07) is 16.6. The Kier molecular flexibility index (Phi) is 8.10. The summed E-state index contributed by atoms with van der Waals surface area (Å²) in [6.07, 6.45) is 6.45. The molecule has 1 N–H and O–H groups in total. The molecule has 0 saturated carbocycles. The maximum Gasteiger partial charge on any atom is 0.287 e. The van der Waals surface area contributed by atoms with Gasteiger partial charge in [0.2, 0.25) is 0 Å². The first kappa shape index (κ1) is 27.8. The van der Waals surface area contributed by atoms with Crippen molar-refractivity contribution >= 4 is 28.6 Å². The van der Waals surface area contributed by atoms with E-state index in [-0.39, 0.29) is 41.1 Å². The van der Waals surface area contributed by atoms with Crippen molar-refractivity contribution < 1.29 is 23.2 Å². The van der Waals surface area contributed by atoms with Gasteiger partial charge in [-0.2, -0.15) is 0 Å². The Morgan fingerprint density at radius 3 is 2.26 bits per heavy atom. The number of carbonyl (C=O) groups is 3. The number of hydrogen-bond donors (Lipinski definition) is 1. The van der Waals surface area contributed by atoms with Gasteiger partial charge in [-0.15, -0.1) is 0 Å². The van der Waals surface area contributed by atoms with Crippen LogP contribution in [-0.2, 0) is 6.54 Å². The molecule has 6 rings (SSSR count).